The fraction of sp³-hybridized carbons (Fsp3) is 0.357. The lowest BCUT2D eigenvalue weighted by Gasteiger charge is -2.16. The molecule has 0 aromatic heterocycles. The SMILES string of the molecule is C=CC[C@H](Oc1ccc(C(F)(F)F)cc1)C(=O)OCC. The minimum absolute atomic E-state index is 0.165. The Labute approximate surface area is 115 Å². The maximum absolute atomic E-state index is 12.4. The molecule has 0 bridgehead atoms. The molecule has 0 aliphatic carbocycles. The summed E-state index contributed by atoms with van der Waals surface area (Å²) in [5.74, 6) is -0.412. The van der Waals surface area contributed by atoms with Crippen LogP contribution in [0.2, 0.25) is 0 Å². The zero-order valence-corrected chi connectivity index (χ0v) is 10.9. The van der Waals surface area contributed by atoms with Crippen LogP contribution in [0, 0.1) is 0 Å². The van der Waals surface area contributed by atoms with E-state index in [2.05, 4.69) is 6.58 Å². The maximum atomic E-state index is 12.4. The van der Waals surface area contributed by atoms with Crippen molar-refractivity contribution in [2.75, 3.05) is 6.61 Å². The number of halogens is 3. The van der Waals surface area contributed by atoms with Crippen LogP contribution < -0.4 is 4.74 Å². The first kappa shape index (κ1) is 16.1. The molecule has 0 saturated heterocycles. The Hall–Kier alpha value is -1.98. The highest BCUT2D eigenvalue weighted by molar-refractivity contribution is 5.75. The number of carbonyl (C=O) groups is 1. The second kappa shape index (κ2) is 6.98. The van der Waals surface area contributed by atoms with Gasteiger partial charge in [-0.1, -0.05) is 6.08 Å². The number of rotatable bonds is 6. The highest BCUT2D eigenvalue weighted by Gasteiger charge is 2.30. The third kappa shape index (κ3) is 4.60. The van der Waals surface area contributed by atoms with Crippen LogP contribution in [0.1, 0.15) is 18.9 Å². The molecule has 110 valence electrons. The van der Waals surface area contributed by atoms with E-state index in [1.165, 1.54) is 6.08 Å². The molecule has 1 rings (SSSR count). The molecule has 6 heteroatoms. The summed E-state index contributed by atoms with van der Waals surface area (Å²) in [5.41, 5.74) is -0.777. The topological polar surface area (TPSA) is 35.5 Å². The Morgan fingerprint density at radius 3 is 2.40 bits per heavy atom. The van der Waals surface area contributed by atoms with Crippen LogP contribution in [0.4, 0.5) is 13.2 Å². The molecule has 0 amide bonds. The third-order valence-electron chi connectivity index (χ3n) is 2.39. The maximum Gasteiger partial charge on any atom is 0.416 e. The molecule has 1 atom stereocenters. The monoisotopic (exact) mass is 288 g/mol. The van der Waals surface area contributed by atoms with Crippen LogP contribution in [-0.4, -0.2) is 18.7 Å². The molecule has 0 unspecified atom stereocenters. The number of carbonyl (C=O) groups excluding carboxylic acids is 1. The van der Waals surface area contributed by atoms with Crippen molar-refractivity contribution in [3.63, 3.8) is 0 Å². The summed E-state index contributed by atoms with van der Waals surface area (Å²) in [5, 5.41) is 0. The smallest absolute Gasteiger partial charge is 0.416 e. The van der Waals surface area contributed by atoms with Gasteiger partial charge in [0.15, 0.2) is 6.10 Å². The zero-order valence-electron chi connectivity index (χ0n) is 10.9. The van der Waals surface area contributed by atoms with Gasteiger partial charge in [-0.3, -0.25) is 0 Å². The second-order valence-electron chi connectivity index (χ2n) is 3.91. The largest absolute Gasteiger partial charge is 0.478 e. The molecule has 0 fully saturated rings. The fourth-order valence-electron chi connectivity index (χ4n) is 1.47. The van der Waals surface area contributed by atoms with Gasteiger partial charge in [-0.15, -0.1) is 6.58 Å². The van der Waals surface area contributed by atoms with Crippen LogP contribution in [-0.2, 0) is 15.7 Å². The normalized spacial score (nSPS) is 12.6. The van der Waals surface area contributed by atoms with E-state index in [9.17, 15) is 18.0 Å². The molecule has 20 heavy (non-hydrogen) atoms. The number of alkyl halides is 3. The summed E-state index contributed by atoms with van der Waals surface area (Å²) in [6.07, 6.45) is -3.63. The van der Waals surface area contributed by atoms with E-state index in [4.69, 9.17) is 9.47 Å². The van der Waals surface area contributed by atoms with Crippen molar-refractivity contribution in [2.24, 2.45) is 0 Å². The summed E-state index contributed by atoms with van der Waals surface area (Å²) >= 11 is 0. The molecule has 1 aromatic carbocycles. The molecule has 0 radical (unpaired) electrons. The highest BCUT2D eigenvalue weighted by atomic mass is 19.4. The van der Waals surface area contributed by atoms with Crippen molar-refractivity contribution in [1.82, 2.24) is 0 Å². The Kier molecular flexibility index (Phi) is 5.61. The second-order valence-corrected chi connectivity index (χ2v) is 3.91. The van der Waals surface area contributed by atoms with Gasteiger partial charge < -0.3 is 9.47 Å². The van der Waals surface area contributed by atoms with Crippen molar-refractivity contribution in [2.45, 2.75) is 25.6 Å². The Bertz CT molecular complexity index is 452. The average molecular weight is 288 g/mol. The summed E-state index contributed by atoms with van der Waals surface area (Å²) < 4.78 is 47.3. The van der Waals surface area contributed by atoms with E-state index < -0.39 is 23.8 Å². The van der Waals surface area contributed by atoms with Gasteiger partial charge in [-0.2, -0.15) is 13.2 Å². The van der Waals surface area contributed by atoms with Gasteiger partial charge in [0, 0.05) is 6.42 Å². The van der Waals surface area contributed by atoms with E-state index in [0.717, 1.165) is 24.3 Å². The van der Waals surface area contributed by atoms with Gasteiger partial charge in [-0.05, 0) is 31.2 Å². The summed E-state index contributed by atoms with van der Waals surface area (Å²) in [6, 6.07) is 4.12. The molecular formula is C14H15F3O3. The molecule has 0 aliphatic rings. The van der Waals surface area contributed by atoms with Crippen molar-refractivity contribution in [3.05, 3.63) is 42.5 Å². The summed E-state index contributed by atoms with van der Waals surface area (Å²) in [4.78, 5) is 11.6. The first-order chi connectivity index (χ1) is 9.38. The lowest BCUT2D eigenvalue weighted by Crippen LogP contribution is -2.28. The Morgan fingerprint density at radius 2 is 1.95 bits per heavy atom. The zero-order chi connectivity index (χ0) is 15.2. The van der Waals surface area contributed by atoms with E-state index in [0.29, 0.717) is 0 Å². The fourth-order valence-corrected chi connectivity index (χ4v) is 1.47. The third-order valence-corrected chi connectivity index (χ3v) is 2.39. The number of hydrogen-bond acceptors (Lipinski definition) is 3. The van der Waals surface area contributed by atoms with Crippen molar-refractivity contribution >= 4 is 5.97 Å². The summed E-state index contributed by atoms with van der Waals surface area (Å²) in [7, 11) is 0. The Morgan fingerprint density at radius 1 is 1.35 bits per heavy atom. The van der Waals surface area contributed by atoms with E-state index in [-0.39, 0.29) is 18.8 Å². The van der Waals surface area contributed by atoms with Gasteiger partial charge in [0.1, 0.15) is 5.75 Å². The Balaban J connectivity index is 2.78. The standard InChI is InChI=1S/C14H15F3O3/c1-3-5-12(13(18)19-4-2)20-11-8-6-10(7-9-11)14(15,16)17/h3,6-9,12H,1,4-5H2,2H3/t12-/m0/s1. The average Bonchev–Trinajstić information content (AvgIpc) is 2.38. The van der Waals surface area contributed by atoms with Crippen LogP contribution in [0.5, 0.6) is 5.75 Å². The molecule has 0 aliphatic heterocycles. The molecule has 0 heterocycles. The molecule has 3 nitrogen and oxygen atoms in total. The van der Waals surface area contributed by atoms with Gasteiger partial charge in [0.25, 0.3) is 0 Å². The van der Waals surface area contributed by atoms with Crippen molar-refractivity contribution in [3.8, 4) is 5.75 Å². The first-order valence-corrected chi connectivity index (χ1v) is 6.00. The highest BCUT2D eigenvalue weighted by Crippen LogP contribution is 2.30. The summed E-state index contributed by atoms with van der Waals surface area (Å²) in [6.45, 7) is 5.35. The lowest BCUT2D eigenvalue weighted by atomic mass is 10.2. The van der Waals surface area contributed by atoms with Gasteiger partial charge in [0.2, 0.25) is 0 Å². The van der Waals surface area contributed by atoms with Crippen LogP contribution in [0.25, 0.3) is 0 Å². The minimum atomic E-state index is -4.40. The quantitative estimate of drug-likeness (QED) is 0.592. The van der Waals surface area contributed by atoms with E-state index >= 15 is 0 Å². The van der Waals surface area contributed by atoms with Gasteiger partial charge in [-0.25, -0.2) is 4.79 Å². The molecule has 0 spiro atoms. The van der Waals surface area contributed by atoms with Crippen LogP contribution in [0.3, 0.4) is 0 Å². The van der Waals surface area contributed by atoms with E-state index in [1.54, 1.807) is 6.92 Å². The number of ether oxygens (including phenoxy) is 2. The molecule has 0 saturated carbocycles. The van der Waals surface area contributed by atoms with Gasteiger partial charge in [0.05, 0.1) is 12.2 Å². The van der Waals surface area contributed by atoms with Crippen LogP contribution >= 0.6 is 0 Å². The number of esters is 1. The predicted molar refractivity (Wildman–Crippen MR) is 67.3 cm³/mol. The molecule has 1 aromatic rings. The van der Waals surface area contributed by atoms with Crippen molar-refractivity contribution in [1.29, 1.82) is 0 Å². The number of hydrogen-bond donors (Lipinski definition) is 0. The van der Waals surface area contributed by atoms with Gasteiger partial charge >= 0.3 is 12.1 Å². The van der Waals surface area contributed by atoms with Crippen molar-refractivity contribution < 1.29 is 27.4 Å². The molecular weight excluding hydrogens is 273 g/mol. The van der Waals surface area contributed by atoms with E-state index in [1.807, 2.05) is 0 Å². The number of benzene rings is 1. The molecule has 0 N–H and O–H groups in total. The lowest BCUT2D eigenvalue weighted by molar-refractivity contribution is -0.151. The minimum Gasteiger partial charge on any atom is -0.478 e. The predicted octanol–water partition coefficient (Wildman–Crippen LogP) is 3.59. The van der Waals surface area contributed by atoms with Crippen LogP contribution in [0.15, 0.2) is 36.9 Å². The first-order valence-electron chi connectivity index (χ1n) is 6.00.